The van der Waals surface area contributed by atoms with Crippen molar-refractivity contribution in [2.45, 2.75) is 13.1 Å². The molecule has 5 nitrogen and oxygen atoms in total. The zero-order valence-corrected chi connectivity index (χ0v) is 7.77. The highest BCUT2D eigenvalue weighted by Crippen LogP contribution is 2.12. The van der Waals surface area contributed by atoms with Gasteiger partial charge in [0.05, 0.1) is 6.20 Å². The molecule has 84 valence electrons. The Hall–Kier alpha value is -1.73. The van der Waals surface area contributed by atoms with Crippen LogP contribution in [-0.4, -0.2) is 28.9 Å². The van der Waals surface area contributed by atoms with Crippen molar-refractivity contribution in [1.82, 2.24) is 15.5 Å². The SMILES string of the molecule is Cc1cn[nH]c1NC(=O)NCC(F)(F)F. The molecule has 1 heterocycles. The lowest BCUT2D eigenvalue weighted by Gasteiger charge is -2.08. The van der Waals surface area contributed by atoms with Crippen molar-refractivity contribution in [1.29, 1.82) is 0 Å². The van der Waals surface area contributed by atoms with Crippen molar-refractivity contribution in [3.05, 3.63) is 11.8 Å². The van der Waals surface area contributed by atoms with Crippen molar-refractivity contribution < 1.29 is 18.0 Å². The van der Waals surface area contributed by atoms with Crippen LogP contribution >= 0.6 is 0 Å². The average Bonchev–Trinajstić information content (AvgIpc) is 2.47. The number of aromatic amines is 1. The summed E-state index contributed by atoms with van der Waals surface area (Å²) in [7, 11) is 0. The molecule has 0 unspecified atom stereocenters. The van der Waals surface area contributed by atoms with E-state index in [1.54, 1.807) is 12.2 Å². The first-order chi connectivity index (χ1) is 6.88. The minimum atomic E-state index is -4.42. The Labute approximate surface area is 83.0 Å². The molecule has 0 aromatic carbocycles. The van der Waals surface area contributed by atoms with Gasteiger partial charge in [-0.15, -0.1) is 0 Å². The third kappa shape index (κ3) is 3.88. The van der Waals surface area contributed by atoms with E-state index in [1.807, 2.05) is 0 Å². The number of rotatable bonds is 2. The number of halogens is 3. The van der Waals surface area contributed by atoms with Gasteiger partial charge in [-0.3, -0.25) is 10.4 Å². The quantitative estimate of drug-likeness (QED) is 0.707. The predicted molar refractivity (Wildman–Crippen MR) is 46.4 cm³/mol. The van der Waals surface area contributed by atoms with Gasteiger partial charge in [-0.05, 0) is 6.92 Å². The molecular weight excluding hydrogens is 213 g/mol. The summed E-state index contributed by atoms with van der Waals surface area (Å²) in [5, 5.41) is 9.88. The molecule has 0 spiro atoms. The number of alkyl halides is 3. The number of nitrogens with zero attached hydrogens (tertiary/aromatic N) is 1. The molecule has 0 radical (unpaired) electrons. The Bertz CT molecular complexity index is 346. The molecule has 0 fully saturated rings. The third-order valence-electron chi connectivity index (χ3n) is 1.52. The second-order valence-electron chi connectivity index (χ2n) is 2.85. The van der Waals surface area contributed by atoms with Crippen LogP contribution in [0, 0.1) is 6.92 Å². The zero-order valence-electron chi connectivity index (χ0n) is 7.77. The van der Waals surface area contributed by atoms with Crippen molar-refractivity contribution in [3.8, 4) is 0 Å². The van der Waals surface area contributed by atoms with Gasteiger partial charge in [0.15, 0.2) is 0 Å². The van der Waals surface area contributed by atoms with Crippen LogP contribution in [0.5, 0.6) is 0 Å². The van der Waals surface area contributed by atoms with E-state index in [4.69, 9.17) is 0 Å². The molecule has 0 aliphatic rings. The number of carbonyl (C=O) groups is 1. The Kier molecular flexibility index (Phi) is 3.17. The van der Waals surface area contributed by atoms with Gasteiger partial charge in [-0.1, -0.05) is 0 Å². The summed E-state index contributed by atoms with van der Waals surface area (Å²) in [6, 6.07) is -0.931. The molecule has 0 atom stereocenters. The molecule has 1 rings (SSSR count). The highest BCUT2D eigenvalue weighted by atomic mass is 19.4. The minimum absolute atomic E-state index is 0.273. The molecule has 15 heavy (non-hydrogen) atoms. The Morgan fingerprint density at radius 3 is 2.73 bits per heavy atom. The van der Waals surface area contributed by atoms with Crippen LogP contribution in [0.3, 0.4) is 0 Å². The van der Waals surface area contributed by atoms with Crippen molar-refractivity contribution in [2.24, 2.45) is 0 Å². The van der Waals surface area contributed by atoms with Gasteiger partial charge in [0, 0.05) is 5.56 Å². The fraction of sp³-hybridized carbons (Fsp3) is 0.429. The molecular formula is C7H9F3N4O. The van der Waals surface area contributed by atoms with E-state index in [2.05, 4.69) is 15.5 Å². The predicted octanol–water partition coefficient (Wildman–Crippen LogP) is 1.40. The Morgan fingerprint density at radius 1 is 1.60 bits per heavy atom. The van der Waals surface area contributed by atoms with Crippen molar-refractivity contribution >= 4 is 11.8 Å². The lowest BCUT2D eigenvalue weighted by Crippen LogP contribution is -2.36. The van der Waals surface area contributed by atoms with Gasteiger partial charge in [0.1, 0.15) is 12.4 Å². The van der Waals surface area contributed by atoms with Gasteiger partial charge in [-0.25, -0.2) is 4.79 Å². The summed E-state index contributed by atoms with van der Waals surface area (Å²) in [6.07, 6.45) is -2.97. The van der Waals surface area contributed by atoms with E-state index in [1.165, 1.54) is 6.20 Å². The summed E-state index contributed by atoms with van der Waals surface area (Å²) >= 11 is 0. The fourth-order valence-electron chi connectivity index (χ4n) is 0.811. The molecule has 0 saturated carbocycles. The number of urea groups is 1. The van der Waals surface area contributed by atoms with Crippen molar-refractivity contribution in [3.63, 3.8) is 0 Å². The average molecular weight is 222 g/mol. The third-order valence-corrected chi connectivity index (χ3v) is 1.52. The maximum atomic E-state index is 11.7. The van der Waals surface area contributed by atoms with E-state index >= 15 is 0 Å². The number of amides is 2. The largest absolute Gasteiger partial charge is 0.405 e. The Balaban J connectivity index is 2.41. The van der Waals surface area contributed by atoms with E-state index in [0.29, 0.717) is 5.56 Å². The first-order valence-corrected chi connectivity index (χ1v) is 4.00. The second-order valence-corrected chi connectivity index (χ2v) is 2.85. The molecule has 1 aromatic heterocycles. The van der Waals surface area contributed by atoms with Crippen LogP contribution in [0.25, 0.3) is 0 Å². The summed E-state index contributed by atoms with van der Waals surface area (Å²) in [6.45, 7) is 0.287. The van der Waals surface area contributed by atoms with Gasteiger partial charge < -0.3 is 5.32 Å². The highest BCUT2D eigenvalue weighted by molar-refractivity contribution is 5.88. The second kappa shape index (κ2) is 4.20. The van der Waals surface area contributed by atoms with Crippen LogP contribution in [0.4, 0.5) is 23.8 Å². The first-order valence-electron chi connectivity index (χ1n) is 4.00. The topological polar surface area (TPSA) is 69.8 Å². The van der Waals surface area contributed by atoms with Crippen LogP contribution < -0.4 is 10.6 Å². The van der Waals surface area contributed by atoms with Gasteiger partial charge in [-0.2, -0.15) is 18.3 Å². The summed E-state index contributed by atoms with van der Waals surface area (Å²) < 4.78 is 35.1. The maximum Gasteiger partial charge on any atom is 0.405 e. The Morgan fingerprint density at radius 2 is 2.27 bits per heavy atom. The summed E-state index contributed by atoms with van der Waals surface area (Å²) in [5.41, 5.74) is 0.636. The zero-order chi connectivity index (χ0) is 11.5. The normalized spacial score (nSPS) is 11.2. The van der Waals surface area contributed by atoms with Gasteiger partial charge >= 0.3 is 12.2 Å². The summed E-state index contributed by atoms with van der Waals surface area (Å²) in [4.78, 5) is 10.9. The molecule has 0 aliphatic carbocycles. The molecule has 0 bridgehead atoms. The lowest BCUT2D eigenvalue weighted by atomic mass is 10.4. The number of anilines is 1. The van der Waals surface area contributed by atoms with Gasteiger partial charge in [0.2, 0.25) is 0 Å². The van der Waals surface area contributed by atoms with Crippen LogP contribution in [0.1, 0.15) is 5.56 Å². The van der Waals surface area contributed by atoms with E-state index in [9.17, 15) is 18.0 Å². The molecule has 8 heteroatoms. The number of H-pyrrole nitrogens is 1. The van der Waals surface area contributed by atoms with Crippen LogP contribution in [0.2, 0.25) is 0 Å². The number of aryl methyl sites for hydroxylation is 1. The monoisotopic (exact) mass is 222 g/mol. The summed E-state index contributed by atoms with van der Waals surface area (Å²) in [5.74, 6) is 0.273. The maximum absolute atomic E-state index is 11.7. The highest BCUT2D eigenvalue weighted by Gasteiger charge is 2.27. The van der Waals surface area contributed by atoms with E-state index < -0.39 is 18.8 Å². The number of nitrogens with one attached hydrogen (secondary N) is 3. The number of hydrogen-bond acceptors (Lipinski definition) is 2. The smallest absolute Gasteiger partial charge is 0.329 e. The molecule has 0 aliphatic heterocycles. The standard InChI is InChI=1S/C7H9F3N4O/c1-4-2-12-14-5(4)13-6(15)11-3-7(8,9)10/h2H,3H2,1H3,(H3,11,12,13,14,15). The lowest BCUT2D eigenvalue weighted by molar-refractivity contribution is -0.122. The number of carbonyl (C=O) groups excluding carboxylic acids is 1. The first kappa shape index (κ1) is 11.3. The molecule has 1 aromatic rings. The molecule has 3 N–H and O–H groups in total. The van der Waals surface area contributed by atoms with Crippen LogP contribution in [0.15, 0.2) is 6.20 Å². The minimum Gasteiger partial charge on any atom is -0.329 e. The molecule has 2 amide bonds. The van der Waals surface area contributed by atoms with E-state index in [0.717, 1.165) is 0 Å². The van der Waals surface area contributed by atoms with Crippen molar-refractivity contribution in [2.75, 3.05) is 11.9 Å². The fourth-order valence-corrected chi connectivity index (χ4v) is 0.811. The molecule has 0 saturated heterocycles. The number of aromatic nitrogens is 2. The van der Waals surface area contributed by atoms with E-state index in [-0.39, 0.29) is 5.82 Å². The number of hydrogen-bond donors (Lipinski definition) is 3. The van der Waals surface area contributed by atoms with Gasteiger partial charge in [0.25, 0.3) is 0 Å². The van der Waals surface area contributed by atoms with Crippen LogP contribution in [-0.2, 0) is 0 Å².